The largest absolute Gasteiger partial charge is 0.494 e. The average Bonchev–Trinajstić information content (AvgIpc) is 3.25. The van der Waals surface area contributed by atoms with Crippen molar-refractivity contribution < 1.29 is 18.3 Å². The SMILES string of the molecule is COc1ccc(-c2c(-c3cccc(C#N)c3F)nc(N3CCC(N)CC3)c3c2CNC3=O)cc1F. The Bertz CT molecular complexity index is 1380. The van der Waals surface area contributed by atoms with Crippen LogP contribution in [0.25, 0.3) is 22.4 Å². The number of nitrogens with one attached hydrogen (secondary N) is 1. The monoisotopic (exact) mass is 475 g/mol. The summed E-state index contributed by atoms with van der Waals surface area (Å²) in [6.07, 6.45) is 1.47. The maximum absolute atomic E-state index is 15.4. The van der Waals surface area contributed by atoms with Crippen LogP contribution in [-0.4, -0.2) is 37.1 Å². The predicted molar refractivity (Wildman–Crippen MR) is 127 cm³/mol. The fraction of sp³-hybridized carbons (Fsp3) is 0.269. The molecular formula is C26H23F2N5O2. The number of anilines is 1. The molecule has 3 N–H and O–H groups in total. The number of aromatic nitrogens is 1. The van der Waals surface area contributed by atoms with Crippen molar-refractivity contribution >= 4 is 11.7 Å². The van der Waals surface area contributed by atoms with Crippen molar-refractivity contribution in [3.63, 3.8) is 0 Å². The third-order valence-corrected chi connectivity index (χ3v) is 6.59. The highest BCUT2D eigenvalue weighted by Gasteiger charge is 2.34. The van der Waals surface area contributed by atoms with E-state index in [-0.39, 0.29) is 41.1 Å². The number of fused-ring (bicyclic) bond motifs is 1. The zero-order valence-corrected chi connectivity index (χ0v) is 19.1. The first-order chi connectivity index (χ1) is 16.9. The minimum atomic E-state index is -0.721. The second-order valence-corrected chi connectivity index (χ2v) is 8.65. The number of hydrogen-bond acceptors (Lipinski definition) is 6. The Morgan fingerprint density at radius 2 is 1.97 bits per heavy atom. The average molecular weight is 475 g/mol. The summed E-state index contributed by atoms with van der Waals surface area (Å²) < 4.78 is 35.2. The van der Waals surface area contributed by atoms with E-state index < -0.39 is 11.6 Å². The maximum atomic E-state index is 15.4. The molecule has 7 nitrogen and oxygen atoms in total. The lowest BCUT2D eigenvalue weighted by Crippen LogP contribution is -2.40. The van der Waals surface area contributed by atoms with Crippen LogP contribution in [0.5, 0.6) is 5.75 Å². The van der Waals surface area contributed by atoms with Crippen molar-refractivity contribution in [1.29, 1.82) is 5.26 Å². The number of nitrogens with zero attached hydrogens (tertiary/aromatic N) is 3. The number of amides is 1. The molecule has 178 valence electrons. The first-order valence-electron chi connectivity index (χ1n) is 11.3. The zero-order chi connectivity index (χ0) is 24.7. The van der Waals surface area contributed by atoms with Crippen molar-refractivity contribution in [3.8, 4) is 34.2 Å². The van der Waals surface area contributed by atoms with Crippen LogP contribution in [0.4, 0.5) is 14.6 Å². The standard InChI is InChI=1S/C26H23F2N5O2/c1-35-20-6-5-14(11-19(20)27)21-18-13-31-26(34)22(18)25(33-9-7-16(30)8-10-33)32-24(21)17-4-2-3-15(12-29)23(17)28/h2-6,11,16H,7-10,13,30H2,1H3,(H,31,34). The molecule has 0 unspecified atom stereocenters. The van der Waals surface area contributed by atoms with E-state index in [1.165, 1.54) is 31.4 Å². The molecule has 2 aliphatic heterocycles. The summed E-state index contributed by atoms with van der Waals surface area (Å²) >= 11 is 0. The van der Waals surface area contributed by atoms with E-state index in [4.69, 9.17) is 15.5 Å². The molecule has 0 spiro atoms. The van der Waals surface area contributed by atoms with Gasteiger partial charge in [-0.15, -0.1) is 0 Å². The third-order valence-electron chi connectivity index (χ3n) is 6.59. The van der Waals surface area contributed by atoms with Gasteiger partial charge in [-0.05, 0) is 48.2 Å². The number of nitriles is 1. The molecule has 5 rings (SSSR count). The summed E-state index contributed by atoms with van der Waals surface area (Å²) in [7, 11) is 1.37. The molecular weight excluding hydrogens is 452 g/mol. The smallest absolute Gasteiger partial charge is 0.255 e. The van der Waals surface area contributed by atoms with E-state index in [2.05, 4.69) is 5.32 Å². The lowest BCUT2D eigenvalue weighted by atomic mass is 9.91. The van der Waals surface area contributed by atoms with Gasteiger partial charge in [0.25, 0.3) is 5.91 Å². The Morgan fingerprint density at radius 3 is 2.66 bits per heavy atom. The number of hydrogen-bond donors (Lipinski definition) is 2. The minimum absolute atomic E-state index is 0.0630. The Hall–Kier alpha value is -4.03. The molecule has 1 fully saturated rings. The molecule has 2 aromatic carbocycles. The van der Waals surface area contributed by atoms with Crippen LogP contribution >= 0.6 is 0 Å². The van der Waals surface area contributed by atoms with Gasteiger partial charge in [0.2, 0.25) is 0 Å². The Balaban J connectivity index is 1.82. The Labute approximate surface area is 201 Å². The molecule has 3 heterocycles. The fourth-order valence-corrected chi connectivity index (χ4v) is 4.76. The van der Waals surface area contributed by atoms with Gasteiger partial charge in [-0.2, -0.15) is 5.26 Å². The highest BCUT2D eigenvalue weighted by atomic mass is 19.1. The van der Waals surface area contributed by atoms with E-state index in [0.29, 0.717) is 41.2 Å². The van der Waals surface area contributed by atoms with Crippen LogP contribution in [0.15, 0.2) is 36.4 Å². The molecule has 0 radical (unpaired) electrons. The molecule has 1 amide bonds. The fourth-order valence-electron chi connectivity index (χ4n) is 4.76. The van der Waals surface area contributed by atoms with Gasteiger partial charge in [0.1, 0.15) is 17.7 Å². The lowest BCUT2D eigenvalue weighted by Gasteiger charge is -2.33. The van der Waals surface area contributed by atoms with Crippen LogP contribution in [0.3, 0.4) is 0 Å². The van der Waals surface area contributed by atoms with E-state index in [0.717, 1.165) is 12.8 Å². The second kappa shape index (κ2) is 8.96. The Kier molecular flexibility index (Phi) is 5.83. The van der Waals surface area contributed by atoms with Crippen molar-refractivity contribution in [2.45, 2.75) is 25.4 Å². The highest BCUT2D eigenvalue weighted by Crippen LogP contribution is 2.43. The van der Waals surface area contributed by atoms with E-state index >= 15 is 4.39 Å². The van der Waals surface area contributed by atoms with Crippen LogP contribution in [-0.2, 0) is 6.54 Å². The molecule has 9 heteroatoms. The summed E-state index contributed by atoms with van der Waals surface area (Å²) in [5.41, 5.74) is 8.15. The maximum Gasteiger partial charge on any atom is 0.255 e. The van der Waals surface area contributed by atoms with E-state index in [9.17, 15) is 14.4 Å². The van der Waals surface area contributed by atoms with Crippen molar-refractivity contribution in [2.75, 3.05) is 25.1 Å². The number of benzene rings is 2. The molecule has 1 saturated heterocycles. The van der Waals surface area contributed by atoms with E-state index in [1.807, 2.05) is 11.0 Å². The van der Waals surface area contributed by atoms with Crippen molar-refractivity contribution in [3.05, 3.63) is 64.7 Å². The number of pyridine rings is 1. The summed E-state index contributed by atoms with van der Waals surface area (Å²) in [4.78, 5) is 19.8. The van der Waals surface area contributed by atoms with Gasteiger partial charge in [-0.3, -0.25) is 4.79 Å². The summed E-state index contributed by atoms with van der Waals surface area (Å²) in [6, 6.07) is 10.8. The molecule has 0 saturated carbocycles. The van der Waals surface area contributed by atoms with Gasteiger partial charge < -0.3 is 20.7 Å². The van der Waals surface area contributed by atoms with Crippen LogP contribution in [0.1, 0.15) is 34.3 Å². The molecule has 1 aromatic heterocycles. The number of ether oxygens (including phenoxy) is 1. The van der Waals surface area contributed by atoms with Crippen LogP contribution < -0.4 is 20.7 Å². The number of rotatable bonds is 4. The van der Waals surface area contributed by atoms with Crippen LogP contribution in [0, 0.1) is 23.0 Å². The second-order valence-electron chi connectivity index (χ2n) is 8.65. The summed E-state index contributed by atoms with van der Waals surface area (Å²) in [5, 5.41) is 12.2. The molecule has 3 aromatic rings. The van der Waals surface area contributed by atoms with Crippen LogP contribution in [0.2, 0.25) is 0 Å². The number of methoxy groups -OCH3 is 1. The Morgan fingerprint density at radius 1 is 1.20 bits per heavy atom. The van der Waals surface area contributed by atoms with Crippen molar-refractivity contribution in [2.24, 2.45) is 5.73 Å². The van der Waals surface area contributed by atoms with E-state index in [1.54, 1.807) is 12.1 Å². The molecule has 0 atom stereocenters. The normalized spacial score (nSPS) is 15.5. The number of nitrogens with two attached hydrogens (primary N) is 1. The lowest BCUT2D eigenvalue weighted by molar-refractivity contribution is 0.0966. The predicted octanol–water partition coefficient (Wildman–Crippen LogP) is 3.74. The first kappa shape index (κ1) is 22.7. The first-order valence-corrected chi connectivity index (χ1v) is 11.3. The minimum Gasteiger partial charge on any atom is -0.494 e. The third kappa shape index (κ3) is 3.86. The van der Waals surface area contributed by atoms with Gasteiger partial charge in [0.05, 0.1) is 23.9 Å². The highest BCUT2D eigenvalue weighted by molar-refractivity contribution is 6.06. The summed E-state index contributed by atoms with van der Waals surface area (Å²) in [6.45, 7) is 1.39. The molecule has 2 aliphatic rings. The zero-order valence-electron chi connectivity index (χ0n) is 19.1. The topological polar surface area (TPSA) is 104 Å². The van der Waals surface area contributed by atoms with Gasteiger partial charge >= 0.3 is 0 Å². The van der Waals surface area contributed by atoms with Gasteiger partial charge in [0.15, 0.2) is 11.6 Å². The molecule has 0 aliphatic carbocycles. The van der Waals surface area contributed by atoms with Gasteiger partial charge in [-0.25, -0.2) is 13.8 Å². The quantitative estimate of drug-likeness (QED) is 0.596. The number of piperidine rings is 1. The van der Waals surface area contributed by atoms with Gasteiger partial charge in [-0.1, -0.05) is 12.1 Å². The molecule has 0 bridgehead atoms. The van der Waals surface area contributed by atoms with Crippen molar-refractivity contribution in [1.82, 2.24) is 10.3 Å². The summed E-state index contributed by atoms with van der Waals surface area (Å²) in [5.74, 6) is -1.10. The van der Waals surface area contributed by atoms with Gasteiger partial charge in [0, 0.05) is 36.8 Å². The molecule has 35 heavy (non-hydrogen) atoms. The number of carbonyl (C=O) groups is 1. The number of halogens is 2. The number of carbonyl (C=O) groups excluding carboxylic acids is 1.